The van der Waals surface area contributed by atoms with Crippen LogP contribution in [0, 0.1) is 6.92 Å². The van der Waals surface area contributed by atoms with Crippen molar-refractivity contribution in [2.75, 3.05) is 33.7 Å². The summed E-state index contributed by atoms with van der Waals surface area (Å²) in [6.45, 7) is 3.43. The van der Waals surface area contributed by atoms with Gasteiger partial charge in [0.25, 0.3) is 5.91 Å². The van der Waals surface area contributed by atoms with E-state index in [0.717, 1.165) is 11.5 Å². The highest BCUT2D eigenvalue weighted by atomic mass is 32.1. The Morgan fingerprint density at radius 2 is 2.21 bits per heavy atom. The molecule has 0 aliphatic carbocycles. The van der Waals surface area contributed by atoms with Gasteiger partial charge in [-0.25, -0.2) is 0 Å². The lowest BCUT2D eigenvalue weighted by atomic mass is 10.1. The maximum Gasteiger partial charge on any atom is 0.268 e. The minimum absolute atomic E-state index is 0.0734. The Hall–Kier alpha value is -1.54. The number of carbonyl (C=O) groups excluding carboxylic acids is 2. The molecule has 1 N–H and O–H groups in total. The van der Waals surface area contributed by atoms with E-state index in [4.69, 9.17) is 0 Å². The Kier molecular flexibility index (Phi) is 4.11. The second-order valence-corrected chi connectivity index (χ2v) is 5.39. The van der Waals surface area contributed by atoms with Crippen molar-refractivity contribution in [3.05, 3.63) is 10.6 Å². The van der Waals surface area contributed by atoms with Crippen LogP contribution in [0.25, 0.3) is 0 Å². The van der Waals surface area contributed by atoms with Gasteiger partial charge in [-0.3, -0.25) is 9.59 Å². The predicted octanol–water partition coefficient (Wildman–Crippen LogP) is -0.651. The lowest BCUT2D eigenvalue weighted by Crippen LogP contribution is -2.59. The zero-order valence-electron chi connectivity index (χ0n) is 11.2. The lowest BCUT2D eigenvalue weighted by molar-refractivity contribution is -0.134. The van der Waals surface area contributed by atoms with Crippen LogP contribution in [-0.2, 0) is 4.79 Å². The first-order chi connectivity index (χ1) is 9.02. The third-order valence-electron chi connectivity index (χ3n) is 3.08. The normalized spacial score (nSPS) is 19.3. The van der Waals surface area contributed by atoms with Crippen molar-refractivity contribution < 1.29 is 9.59 Å². The molecule has 1 aliphatic heterocycles. The van der Waals surface area contributed by atoms with Gasteiger partial charge in [0.15, 0.2) is 0 Å². The Morgan fingerprint density at radius 1 is 1.47 bits per heavy atom. The number of amides is 2. The van der Waals surface area contributed by atoms with Gasteiger partial charge in [0, 0.05) is 33.7 Å². The number of carbonyl (C=O) groups is 2. The fourth-order valence-electron chi connectivity index (χ4n) is 2.02. The molecule has 1 fully saturated rings. The molecule has 1 aliphatic rings. The molecule has 104 valence electrons. The van der Waals surface area contributed by atoms with Crippen LogP contribution in [-0.4, -0.2) is 71.0 Å². The van der Waals surface area contributed by atoms with Crippen LogP contribution >= 0.6 is 11.5 Å². The molecule has 19 heavy (non-hydrogen) atoms. The third kappa shape index (κ3) is 2.74. The van der Waals surface area contributed by atoms with Gasteiger partial charge < -0.3 is 15.1 Å². The van der Waals surface area contributed by atoms with Crippen molar-refractivity contribution in [3.8, 4) is 0 Å². The highest BCUT2D eigenvalue weighted by Gasteiger charge is 2.34. The number of hydrogen-bond acceptors (Lipinski definition) is 6. The van der Waals surface area contributed by atoms with Gasteiger partial charge in [-0.15, -0.1) is 5.10 Å². The molecule has 2 heterocycles. The number of rotatable bonds is 2. The van der Waals surface area contributed by atoms with Gasteiger partial charge in [0.05, 0.1) is 5.69 Å². The van der Waals surface area contributed by atoms with Crippen LogP contribution in [0.5, 0.6) is 0 Å². The van der Waals surface area contributed by atoms with Gasteiger partial charge >= 0.3 is 0 Å². The summed E-state index contributed by atoms with van der Waals surface area (Å²) in [6, 6.07) is -0.460. The van der Waals surface area contributed by atoms with E-state index in [0.29, 0.717) is 30.2 Å². The molecule has 7 nitrogen and oxygen atoms in total. The number of nitrogens with zero attached hydrogens (tertiary/aromatic N) is 4. The zero-order chi connectivity index (χ0) is 14.0. The summed E-state index contributed by atoms with van der Waals surface area (Å²) in [4.78, 5) is 28.2. The van der Waals surface area contributed by atoms with E-state index in [1.165, 1.54) is 4.90 Å². The summed E-state index contributed by atoms with van der Waals surface area (Å²) in [5, 5.41) is 6.99. The molecule has 0 radical (unpaired) electrons. The minimum atomic E-state index is -0.460. The van der Waals surface area contributed by atoms with E-state index in [1.54, 1.807) is 25.9 Å². The van der Waals surface area contributed by atoms with E-state index in [9.17, 15) is 9.59 Å². The monoisotopic (exact) mass is 283 g/mol. The quantitative estimate of drug-likeness (QED) is 0.780. The topological polar surface area (TPSA) is 78.4 Å². The van der Waals surface area contributed by atoms with E-state index in [2.05, 4.69) is 14.9 Å². The van der Waals surface area contributed by atoms with Gasteiger partial charge in [-0.2, -0.15) is 0 Å². The molecule has 1 atom stereocenters. The van der Waals surface area contributed by atoms with Gasteiger partial charge in [0.1, 0.15) is 10.9 Å². The second kappa shape index (κ2) is 5.62. The SMILES string of the molecule is Cc1nnsc1C(=O)N1CCNCC1C(=O)N(C)C. The summed E-state index contributed by atoms with van der Waals surface area (Å²) in [7, 11) is 3.39. The van der Waals surface area contributed by atoms with E-state index in [1.807, 2.05) is 0 Å². The fourth-order valence-corrected chi connectivity index (χ4v) is 2.64. The van der Waals surface area contributed by atoms with Crippen LogP contribution in [0.2, 0.25) is 0 Å². The van der Waals surface area contributed by atoms with Crippen molar-refractivity contribution in [2.45, 2.75) is 13.0 Å². The summed E-state index contributed by atoms with van der Waals surface area (Å²) in [5.74, 6) is -0.232. The molecule has 2 rings (SSSR count). The standard InChI is InChI=1S/C11H17N5O2S/c1-7-9(19-14-13-7)11(18)16-5-4-12-6-8(16)10(17)15(2)3/h8,12H,4-6H2,1-3H3. The van der Waals surface area contributed by atoms with Gasteiger partial charge in [-0.1, -0.05) is 4.49 Å². The van der Waals surface area contributed by atoms with Crippen molar-refractivity contribution in [1.29, 1.82) is 0 Å². The Balaban J connectivity index is 2.23. The molecule has 1 unspecified atom stereocenters. The van der Waals surface area contributed by atoms with Crippen LogP contribution in [0.15, 0.2) is 0 Å². The third-order valence-corrected chi connectivity index (χ3v) is 3.89. The Bertz CT molecular complexity index is 487. The molecule has 8 heteroatoms. The molecule has 2 amide bonds. The first-order valence-corrected chi connectivity index (χ1v) is 6.81. The van der Waals surface area contributed by atoms with Crippen molar-refractivity contribution in [2.24, 2.45) is 0 Å². The molecule has 1 saturated heterocycles. The molecule has 1 aromatic heterocycles. The molecule has 0 spiro atoms. The zero-order valence-corrected chi connectivity index (χ0v) is 12.0. The molecule has 0 aromatic carbocycles. The van der Waals surface area contributed by atoms with Crippen LogP contribution in [0.3, 0.4) is 0 Å². The van der Waals surface area contributed by atoms with Gasteiger partial charge in [-0.05, 0) is 18.5 Å². The van der Waals surface area contributed by atoms with E-state index >= 15 is 0 Å². The molecule has 0 bridgehead atoms. The molecule has 0 saturated carbocycles. The molecular formula is C11H17N5O2S. The van der Waals surface area contributed by atoms with Gasteiger partial charge in [0.2, 0.25) is 5.91 Å². The van der Waals surface area contributed by atoms with Crippen LogP contribution in [0.4, 0.5) is 0 Å². The van der Waals surface area contributed by atoms with E-state index < -0.39 is 6.04 Å². The number of nitrogens with one attached hydrogen (secondary N) is 1. The van der Waals surface area contributed by atoms with Crippen molar-refractivity contribution >= 4 is 23.3 Å². The summed E-state index contributed by atoms with van der Waals surface area (Å²) in [5.41, 5.74) is 0.615. The number of likely N-dealkylation sites (N-methyl/N-ethyl adjacent to an activating group) is 1. The average molecular weight is 283 g/mol. The number of piperazine rings is 1. The number of hydrogen-bond donors (Lipinski definition) is 1. The summed E-state index contributed by atoms with van der Waals surface area (Å²) in [6.07, 6.45) is 0. The predicted molar refractivity (Wildman–Crippen MR) is 71.0 cm³/mol. The first kappa shape index (κ1) is 13.9. The number of aryl methyl sites for hydroxylation is 1. The molecule has 1 aromatic rings. The lowest BCUT2D eigenvalue weighted by Gasteiger charge is -2.36. The van der Waals surface area contributed by atoms with Crippen LogP contribution in [0.1, 0.15) is 15.4 Å². The first-order valence-electron chi connectivity index (χ1n) is 6.04. The van der Waals surface area contributed by atoms with Crippen molar-refractivity contribution in [1.82, 2.24) is 24.7 Å². The maximum absolute atomic E-state index is 12.5. The highest BCUT2D eigenvalue weighted by molar-refractivity contribution is 7.07. The summed E-state index contributed by atoms with van der Waals surface area (Å²) >= 11 is 1.08. The largest absolute Gasteiger partial charge is 0.347 e. The van der Waals surface area contributed by atoms with Crippen molar-refractivity contribution in [3.63, 3.8) is 0 Å². The smallest absolute Gasteiger partial charge is 0.268 e. The van der Waals surface area contributed by atoms with E-state index in [-0.39, 0.29) is 11.8 Å². The average Bonchev–Trinajstić information content (AvgIpc) is 2.83. The second-order valence-electron chi connectivity index (χ2n) is 4.64. The number of aromatic nitrogens is 2. The highest BCUT2D eigenvalue weighted by Crippen LogP contribution is 2.16. The maximum atomic E-state index is 12.5. The fraction of sp³-hybridized carbons (Fsp3) is 0.636. The summed E-state index contributed by atoms with van der Waals surface area (Å²) < 4.78 is 3.78. The Labute approximate surface area is 115 Å². The minimum Gasteiger partial charge on any atom is -0.347 e. The molecular weight excluding hydrogens is 266 g/mol. The van der Waals surface area contributed by atoms with Crippen LogP contribution < -0.4 is 5.32 Å². The Morgan fingerprint density at radius 3 is 2.79 bits per heavy atom.